The van der Waals surface area contributed by atoms with E-state index in [0.29, 0.717) is 0 Å². The second kappa shape index (κ2) is 8.22. The van der Waals surface area contributed by atoms with Crippen molar-refractivity contribution in [2.24, 2.45) is 11.8 Å². The number of piperidine rings is 2. The van der Waals surface area contributed by atoms with Crippen LogP contribution in [0.2, 0.25) is 0 Å². The number of nitrogens with zero attached hydrogens (tertiary/aromatic N) is 2. The summed E-state index contributed by atoms with van der Waals surface area (Å²) in [5, 5.41) is 3.21. The van der Waals surface area contributed by atoms with Gasteiger partial charge in [-0.3, -0.25) is 4.79 Å². The number of amides is 1. The molecular weight excluding hydrogens is 310 g/mol. The van der Waals surface area contributed by atoms with Gasteiger partial charge in [0.15, 0.2) is 0 Å². The fourth-order valence-corrected chi connectivity index (χ4v) is 4.19. The average molecular weight is 344 g/mol. The van der Waals surface area contributed by atoms with Gasteiger partial charge in [-0.15, -0.1) is 0 Å². The number of rotatable bonds is 4. The molecule has 3 atom stereocenters. The minimum Gasteiger partial charge on any atom is -0.371 e. The van der Waals surface area contributed by atoms with Crippen molar-refractivity contribution < 1.29 is 4.79 Å². The highest BCUT2D eigenvalue weighted by Gasteiger charge is 2.25. The molecular formula is C21H33N3O. The second-order valence-electron chi connectivity index (χ2n) is 8.12. The Morgan fingerprint density at radius 3 is 2.52 bits per heavy atom. The van der Waals surface area contributed by atoms with Crippen molar-refractivity contribution in [2.45, 2.75) is 45.6 Å². The van der Waals surface area contributed by atoms with E-state index < -0.39 is 0 Å². The van der Waals surface area contributed by atoms with E-state index in [0.717, 1.165) is 44.9 Å². The predicted octanol–water partition coefficient (Wildman–Crippen LogP) is 3.44. The molecule has 0 aliphatic carbocycles. The van der Waals surface area contributed by atoms with E-state index in [1.807, 2.05) is 0 Å². The first-order chi connectivity index (χ1) is 12.0. The molecule has 2 saturated heterocycles. The Kier molecular flexibility index (Phi) is 6.00. The molecule has 25 heavy (non-hydrogen) atoms. The van der Waals surface area contributed by atoms with Crippen LogP contribution in [0.25, 0.3) is 0 Å². The van der Waals surface area contributed by atoms with Crippen LogP contribution in [-0.2, 0) is 4.79 Å². The summed E-state index contributed by atoms with van der Waals surface area (Å²) in [7, 11) is 2.10. The Balaban J connectivity index is 1.57. The minimum absolute atomic E-state index is 0.0639. The molecule has 1 aromatic carbocycles. The molecule has 1 N–H and O–H groups in total. The largest absolute Gasteiger partial charge is 0.371 e. The summed E-state index contributed by atoms with van der Waals surface area (Å²) in [6.45, 7) is 8.72. The Bertz CT molecular complexity index is 571. The molecule has 1 amide bonds. The molecule has 2 fully saturated rings. The normalized spacial score (nSPS) is 26.3. The SMILES string of the molecule is CC1CCCN(c2ccc(C(C)NC(=O)C3CCCN(C)C3)cc2)C1. The minimum atomic E-state index is 0.0639. The zero-order valence-electron chi connectivity index (χ0n) is 16.0. The fourth-order valence-electron chi connectivity index (χ4n) is 4.19. The topological polar surface area (TPSA) is 35.6 Å². The lowest BCUT2D eigenvalue weighted by molar-refractivity contribution is -0.127. The molecule has 3 unspecified atom stereocenters. The molecule has 3 rings (SSSR count). The number of nitrogens with one attached hydrogen (secondary N) is 1. The van der Waals surface area contributed by atoms with Gasteiger partial charge in [0, 0.05) is 25.3 Å². The van der Waals surface area contributed by atoms with Gasteiger partial charge in [-0.05, 0) is 69.8 Å². The van der Waals surface area contributed by atoms with Gasteiger partial charge in [-0.1, -0.05) is 19.1 Å². The maximum absolute atomic E-state index is 12.5. The Hall–Kier alpha value is -1.55. The number of hydrogen-bond donors (Lipinski definition) is 1. The Labute approximate surface area is 152 Å². The molecule has 4 nitrogen and oxygen atoms in total. The molecule has 138 valence electrons. The zero-order chi connectivity index (χ0) is 17.8. The summed E-state index contributed by atoms with van der Waals surface area (Å²) >= 11 is 0. The Morgan fingerprint density at radius 2 is 1.84 bits per heavy atom. The lowest BCUT2D eigenvalue weighted by atomic mass is 9.96. The molecule has 0 saturated carbocycles. The first-order valence-electron chi connectivity index (χ1n) is 9.86. The van der Waals surface area contributed by atoms with Gasteiger partial charge in [-0.2, -0.15) is 0 Å². The van der Waals surface area contributed by atoms with Crippen molar-refractivity contribution in [1.82, 2.24) is 10.2 Å². The number of hydrogen-bond acceptors (Lipinski definition) is 3. The van der Waals surface area contributed by atoms with Crippen LogP contribution in [0, 0.1) is 11.8 Å². The van der Waals surface area contributed by atoms with Crippen LogP contribution >= 0.6 is 0 Å². The van der Waals surface area contributed by atoms with Crippen molar-refractivity contribution in [1.29, 1.82) is 0 Å². The van der Waals surface area contributed by atoms with Crippen molar-refractivity contribution in [3.8, 4) is 0 Å². The molecule has 2 aliphatic heterocycles. The van der Waals surface area contributed by atoms with Crippen LogP contribution in [0.4, 0.5) is 5.69 Å². The summed E-state index contributed by atoms with van der Waals surface area (Å²) in [4.78, 5) is 17.3. The van der Waals surface area contributed by atoms with Gasteiger partial charge in [0.2, 0.25) is 5.91 Å². The maximum Gasteiger partial charge on any atom is 0.224 e. The average Bonchev–Trinajstić information content (AvgIpc) is 2.62. The molecule has 4 heteroatoms. The van der Waals surface area contributed by atoms with E-state index >= 15 is 0 Å². The molecule has 0 radical (unpaired) electrons. The van der Waals surface area contributed by atoms with E-state index in [9.17, 15) is 4.79 Å². The summed E-state index contributed by atoms with van der Waals surface area (Å²) in [6, 6.07) is 8.84. The lowest BCUT2D eigenvalue weighted by Gasteiger charge is -2.33. The third-order valence-electron chi connectivity index (χ3n) is 5.77. The highest BCUT2D eigenvalue weighted by atomic mass is 16.2. The van der Waals surface area contributed by atoms with Crippen LogP contribution in [0.5, 0.6) is 0 Å². The first-order valence-corrected chi connectivity index (χ1v) is 9.86. The van der Waals surface area contributed by atoms with Gasteiger partial charge in [-0.25, -0.2) is 0 Å². The van der Waals surface area contributed by atoms with Crippen LogP contribution in [-0.4, -0.2) is 44.0 Å². The van der Waals surface area contributed by atoms with Crippen molar-refractivity contribution in [3.05, 3.63) is 29.8 Å². The fraction of sp³-hybridized carbons (Fsp3) is 0.667. The van der Waals surface area contributed by atoms with Gasteiger partial charge < -0.3 is 15.1 Å². The van der Waals surface area contributed by atoms with Gasteiger partial charge in [0.1, 0.15) is 0 Å². The molecule has 2 aliphatic rings. The predicted molar refractivity (Wildman–Crippen MR) is 104 cm³/mol. The smallest absolute Gasteiger partial charge is 0.224 e. The van der Waals surface area contributed by atoms with Gasteiger partial charge >= 0.3 is 0 Å². The summed E-state index contributed by atoms with van der Waals surface area (Å²) in [6.07, 6.45) is 4.75. The van der Waals surface area contributed by atoms with Crippen LogP contribution < -0.4 is 10.2 Å². The summed E-state index contributed by atoms with van der Waals surface area (Å²) < 4.78 is 0. The van der Waals surface area contributed by atoms with Crippen LogP contribution in [0.15, 0.2) is 24.3 Å². The highest BCUT2D eigenvalue weighted by molar-refractivity contribution is 5.79. The van der Waals surface area contributed by atoms with Crippen molar-refractivity contribution in [3.63, 3.8) is 0 Å². The van der Waals surface area contributed by atoms with E-state index in [1.54, 1.807) is 0 Å². The Morgan fingerprint density at radius 1 is 1.12 bits per heavy atom. The third-order valence-corrected chi connectivity index (χ3v) is 5.77. The first kappa shape index (κ1) is 18.2. The van der Waals surface area contributed by atoms with Crippen LogP contribution in [0.1, 0.15) is 51.1 Å². The van der Waals surface area contributed by atoms with E-state index in [4.69, 9.17) is 0 Å². The summed E-state index contributed by atoms with van der Waals surface area (Å²) in [5.41, 5.74) is 2.49. The van der Waals surface area contributed by atoms with Crippen LogP contribution in [0.3, 0.4) is 0 Å². The van der Waals surface area contributed by atoms with Crippen molar-refractivity contribution >= 4 is 11.6 Å². The number of benzene rings is 1. The van der Waals surface area contributed by atoms with Gasteiger partial charge in [0.25, 0.3) is 0 Å². The summed E-state index contributed by atoms with van der Waals surface area (Å²) in [5.74, 6) is 1.11. The monoisotopic (exact) mass is 343 g/mol. The molecule has 1 aromatic rings. The second-order valence-corrected chi connectivity index (χ2v) is 8.12. The number of carbonyl (C=O) groups is 1. The highest BCUT2D eigenvalue weighted by Crippen LogP contribution is 2.25. The van der Waals surface area contributed by atoms with Crippen molar-refractivity contribution in [2.75, 3.05) is 38.1 Å². The maximum atomic E-state index is 12.5. The molecule has 0 aromatic heterocycles. The molecule has 0 bridgehead atoms. The number of carbonyl (C=O) groups excluding carboxylic acids is 1. The lowest BCUT2D eigenvalue weighted by Crippen LogP contribution is -2.42. The standard InChI is InChI=1S/C21H33N3O/c1-16-6-4-13-24(14-16)20-10-8-18(9-11-20)17(2)22-21(25)19-7-5-12-23(3)15-19/h8-11,16-17,19H,4-7,12-15H2,1-3H3,(H,22,25). The molecule has 2 heterocycles. The number of likely N-dealkylation sites (tertiary alicyclic amines) is 1. The zero-order valence-corrected chi connectivity index (χ0v) is 16.0. The van der Waals surface area contributed by atoms with Gasteiger partial charge in [0.05, 0.1) is 12.0 Å². The third kappa shape index (κ3) is 4.75. The quantitative estimate of drug-likeness (QED) is 0.910. The molecule has 0 spiro atoms. The van der Waals surface area contributed by atoms with E-state index in [-0.39, 0.29) is 17.9 Å². The van der Waals surface area contributed by atoms with E-state index in [1.165, 1.54) is 24.1 Å². The number of anilines is 1. The van der Waals surface area contributed by atoms with E-state index in [2.05, 4.69) is 60.3 Å².